The van der Waals surface area contributed by atoms with E-state index in [1.807, 2.05) is 25.1 Å². The quantitative estimate of drug-likeness (QED) is 0.795. The Hall–Kier alpha value is -0.930. The van der Waals surface area contributed by atoms with Crippen LogP contribution in [0.4, 0.5) is 4.39 Å². The second-order valence-electron chi connectivity index (χ2n) is 4.38. The van der Waals surface area contributed by atoms with Crippen molar-refractivity contribution in [1.29, 1.82) is 0 Å². The molecule has 2 nitrogen and oxygen atoms in total. The number of benzene rings is 1. The van der Waals surface area contributed by atoms with Gasteiger partial charge in [0.2, 0.25) is 0 Å². The maximum Gasteiger partial charge on any atom is 0.120 e. The molecule has 2 atom stereocenters. The van der Waals surface area contributed by atoms with Crippen LogP contribution in [-0.2, 0) is 11.2 Å². The van der Waals surface area contributed by atoms with Crippen molar-refractivity contribution in [2.75, 3.05) is 19.8 Å². The molecule has 0 spiro atoms. The van der Waals surface area contributed by atoms with Crippen molar-refractivity contribution in [2.45, 2.75) is 32.0 Å². The smallest absolute Gasteiger partial charge is 0.120 e. The number of aryl methyl sites for hydroxylation is 1. The highest BCUT2D eigenvalue weighted by atomic mass is 19.1. The molecule has 0 heterocycles. The predicted molar refractivity (Wildman–Crippen MR) is 66.9 cm³/mol. The molecule has 0 aromatic heterocycles. The molecular weight excluding hydrogens is 217 g/mol. The lowest BCUT2D eigenvalue weighted by molar-refractivity contribution is 0.138. The van der Waals surface area contributed by atoms with Crippen molar-refractivity contribution < 1.29 is 9.13 Å². The van der Waals surface area contributed by atoms with Crippen LogP contribution in [0.15, 0.2) is 24.3 Å². The SMILES string of the molecule is CCOCCNC1c2ccccc2CCC1F. The first-order valence-corrected chi connectivity index (χ1v) is 6.36. The number of nitrogens with one attached hydrogen (secondary N) is 1. The number of ether oxygens (including phenoxy) is 1. The molecule has 1 aromatic rings. The van der Waals surface area contributed by atoms with Crippen molar-refractivity contribution in [3.05, 3.63) is 35.4 Å². The van der Waals surface area contributed by atoms with E-state index in [-0.39, 0.29) is 6.04 Å². The van der Waals surface area contributed by atoms with E-state index in [0.29, 0.717) is 26.2 Å². The van der Waals surface area contributed by atoms with E-state index in [9.17, 15) is 4.39 Å². The van der Waals surface area contributed by atoms with Crippen LogP contribution in [0.25, 0.3) is 0 Å². The molecule has 94 valence electrons. The average molecular weight is 237 g/mol. The minimum absolute atomic E-state index is 0.166. The van der Waals surface area contributed by atoms with Gasteiger partial charge in [0.05, 0.1) is 12.6 Å². The summed E-state index contributed by atoms with van der Waals surface area (Å²) in [6.07, 6.45) is 0.677. The minimum atomic E-state index is -0.786. The summed E-state index contributed by atoms with van der Waals surface area (Å²) in [7, 11) is 0. The van der Waals surface area contributed by atoms with Gasteiger partial charge in [0.25, 0.3) is 0 Å². The lowest BCUT2D eigenvalue weighted by Gasteiger charge is -2.29. The molecule has 0 amide bonds. The molecule has 0 fully saturated rings. The maximum absolute atomic E-state index is 13.9. The second-order valence-corrected chi connectivity index (χ2v) is 4.38. The molecule has 2 unspecified atom stereocenters. The second kappa shape index (κ2) is 6.12. The first-order valence-electron chi connectivity index (χ1n) is 6.36. The van der Waals surface area contributed by atoms with Crippen LogP contribution >= 0.6 is 0 Å². The van der Waals surface area contributed by atoms with Gasteiger partial charge in [-0.05, 0) is 30.9 Å². The van der Waals surface area contributed by atoms with Crippen LogP contribution < -0.4 is 5.32 Å². The predicted octanol–water partition coefficient (Wildman–Crippen LogP) is 2.64. The summed E-state index contributed by atoms with van der Waals surface area (Å²) < 4.78 is 19.2. The number of halogens is 1. The van der Waals surface area contributed by atoms with Crippen LogP contribution in [0.3, 0.4) is 0 Å². The molecule has 2 rings (SSSR count). The fourth-order valence-electron chi connectivity index (χ4n) is 2.39. The molecule has 1 aromatic carbocycles. The standard InChI is InChI=1S/C14H20FNO/c1-2-17-10-9-16-14-12-6-4-3-5-11(12)7-8-13(14)15/h3-6,13-14,16H,2,7-10H2,1H3. The van der Waals surface area contributed by atoms with Crippen LogP contribution in [0, 0.1) is 0 Å². The van der Waals surface area contributed by atoms with Crippen LogP contribution in [0.2, 0.25) is 0 Å². The fourth-order valence-corrected chi connectivity index (χ4v) is 2.39. The van der Waals surface area contributed by atoms with E-state index in [0.717, 1.165) is 12.0 Å². The highest BCUT2D eigenvalue weighted by molar-refractivity contribution is 5.33. The molecule has 1 aliphatic carbocycles. The lowest BCUT2D eigenvalue weighted by Crippen LogP contribution is -2.35. The molecule has 0 saturated heterocycles. The highest BCUT2D eigenvalue weighted by Gasteiger charge is 2.28. The van der Waals surface area contributed by atoms with Gasteiger partial charge in [0.1, 0.15) is 6.17 Å². The Morgan fingerprint density at radius 1 is 1.41 bits per heavy atom. The summed E-state index contributed by atoms with van der Waals surface area (Å²) in [5.41, 5.74) is 2.39. The summed E-state index contributed by atoms with van der Waals surface area (Å²) in [6, 6.07) is 7.96. The Balaban J connectivity index is 2.00. The Labute approximate surface area is 102 Å². The third-order valence-corrected chi connectivity index (χ3v) is 3.26. The summed E-state index contributed by atoms with van der Waals surface area (Å²) in [5, 5.41) is 3.26. The Kier molecular flexibility index (Phi) is 4.51. The number of hydrogen-bond acceptors (Lipinski definition) is 2. The maximum atomic E-state index is 13.9. The van der Waals surface area contributed by atoms with Gasteiger partial charge in [0.15, 0.2) is 0 Å². The van der Waals surface area contributed by atoms with Crippen LogP contribution in [0.1, 0.15) is 30.5 Å². The van der Waals surface area contributed by atoms with Crippen molar-refractivity contribution in [1.82, 2.24) is 5.32 Å². The number of fused-ring (bicyclic) bond motifs is 1. The van der Waals surface area contributed by atoms with Gasteiger partial charge in [-0.3, -0.25) is 0 Å². The average Bonchev–Trinajstić information content (AvgIpc) is 2.37. The molecule has 0 radical (unpaired) electrons. The Morgan fingerprint density at radius 3 is 3.06 bits per heavy atom. The van der Waals surface area contributed by atoms with Crippen molar-refractivity contribution in [3.63, 3.8) is 0 Å². The third-order valence-electron chi connectivity index (χ3n) is 3.26. The molecule has 17 heavy (non-hydrogen) atoms. The molecule has 0 aliphatic heterocycles. The number of hydrogen-bond donors (Lipinski definition) is 1. The summed E-state index contributed by atoms with van der Waals surface area (Å²) in [4.78, 5) is 0. The van der Waals surface area contributed by atoms with Gasteiger partial charge in [0, 0.05) is 13.2 Å². The van der Waals surface area contributed by atoms with E-state index in [2.05, 4.69) is 11.4 Å². The van der Waals surface area contributed by atoms with Gasteiger partial charge in [-0.25, -0.2) is 4.39 Å². The molecule has 0 saturated carbocycles. The van der Waals surface area contributed by atoms with Gasteiger partial charge < -0.3 is 10.1 Å². The first-order chi connectivity index (χ1) is 8.33. The van der Waals surface area contributed by atoms with E-state index < -0.39 is 6.17 Å². The summed E-state index contributed by atoms with van der Waals surface area (Å²) >= 11 is 0. The molecule has 3 heteroatoms. The van der Waals surface area contributed by atoms with Gasteiger partial charge in [-0.1, -0.05) is 24.3 Å². The molecule has 0 bridgehead atoms. The largest absolute Gasteiger partial charge is 0.380 e. The van der Waals surface area contributed by atoms with Crippen molar-refractivity contribution in [3.8, 4) is 0 Å². The third kappa shape index (κ3) is 3.05. The zero-order valence-corrected chi connectivity index (χ0v) is 10.3. The lowest BCUT2D eigenvalue weighted by atomic mass is 9.86. The Bertz CT molecular complexity index is 356. The van der Waals surface area contributed by atoms with Crippen molar-refractivity contribution >= 4 is 0 Å². The zero-order chi connectivity index (χ0) is 12.1. The van der Waals surface area contributed by atoms with E-state index in [1.165, 1.54) is 5.56 Å². The topological polar surface area (TPSA) is 21.3 Å². The zero-order valence-electron chi connectivity index (χ0n) is 10.3. The normalized spacial score (nSPS) is 23.4. The van der Waals surface area contributed by atoms with Gasteiger partial charge in [-0.15, -0.1) is 0 Å². The van der Waals surface area contributed by atoms with E-state index >= 15 is 0 Å². The molecule has 1 aliphatic rings. The van der Waals surface area contributed by atoms with Gasteiger partial charge >= 0.3 is 0 Å². The first kappa shape index (κ1) is 12.5. The summed E-state index contributed by atoms with van der Waals surface area (Å²) in [5.74, 6) is 0. The molecular formula is C14H20FNO. The van der Waals surface area contributed by atoms with E-state index in [4.69, 9.17) is 4.74 Å². The van der Waals surface area contributed by atoms with Crippen LogP contribution in [-0.4, -0.2) is 25.9 Å². The van der Waals surface area contributed by atoms with Gasteiger partial charge in [-0.2, -0.15) is 0 Å². The Morgan fingerprint density at radius 2 is 2.24 bits per heavy atom. The van der Waals surface area contributed by atoms with Crippen LogP contribution in [0.5, 0.6) is 0 Å². The van der Waals surface area contributed by atoms with E-state index in [1.54, 1.807) is 0 Å². The number of rotatable bonds is 5. The highest BCUT2D eigenvalue weighted by Crippen LogP contribution is 2.31. The monoisotopic (exact) mass is 237 g/mol. The number of alkyl halides is 1. The molecule has 1 N–H and O–H groups in total. The summed E-state index contributed by atoms with van der Waals surface area (Å²) in [6.45, 7) is 4.02. The minimum Gasteiger partial charge on any atom is -0.380 e. The van der Waals surface area contributed by atoms with Crippen molar-refractivity contribution in [2.24, 2.45) is 0 Å². The fraction of sp³-hybridized carbons (Fsp3) is 0.571.